The molecule has 2 saturated heterocycles. The largest absolute Gasteiger partial charge is 0.385 e. The van der Waals surface area contributed by atoms with Gasteiger partial charge >= 0.3 is 0 Å². The van der Waals surface area contributed by atoms with Crippen LogP contribution in [0.1, 0.15) is 38.5 Å². The topological polar surface area (TPSA) is 32.3 Å². The highest BCUT2D eigenvalue weighted by atomic mass is 16.1. The minimum Gasteiger partial charge on any atom is -0.385 e. The van der Waals surface area contributed by atoms with Gasteiger partial charge in [-0.05, 0) is 38.6 Å². The standard InChI is InChI=1S/C13H20N2O/c16-13-4-3-10(9-13)14-11-5-7-15-6-1-2-12(15)8-11/h9,11-12,14H,1-8H2. The Balaban J connectivity index is 1.56. The Hall–Kier alpha value is -0.830. The number of rotatable bonds is 2. The van der Waals surface area contributed by atoms with E-state index in [1.807, 2.05) is 0 Å². The molecule has 3 rings (SSSR count). The molecule has 2 heterocycles. The minimum absolute atomic E-state index is 0.292. The van der Waals surface area contributed by atoms with Crippen molar-refractivity contribution in [2.45, 2.75) is 50.6 Å². The summed E-state index contributed by atoms with van der Waals surface area (Å²) in [7, 11) is 0. The van der Waals surface area contributed by atoms with Gasteiger partial charge in [0.2, 0.25) is 0 Å². The Morgan fingerprint density at radius 1 is 1.25 bits per heavy atom. The van der Waals surface area contributed by atoms with Crippen LogP contribution in [0.5, 0.6) is 0 Å². The molecule has 1 N–H and O–H groups in total. The zero-order chi connectivity index (χ0) is 11.0. The van der Waals surface area contributed by atoms with E-state index in [-0.39, 0.29) is 0 Å². The van der Waals surface area contributed by atoms with Crippen LogP contribution in [0.2, 0.25) is 0 Å². The number of piperidine rings is 1. The van der Waals surface area contributed by atoms with E-state index < -0.39 is 0 Å². The lowest BCUT2D eigenvalue weighted by Gasteiger charge is -2.35. The minimum atomic E-state index is 0.292. The van der Waals surface area contributed by atoms with Crippen LogP contribution in [0, 0.1) is 0 Å². The summed E-state index contributed by atoms with van der Waals surface area (Å²) in [6, 6.07) is 1.42. The lowest BCUT2D eigenvalue weighted by Crippen LogP contribution is -2.45. The van der Waals surface area contributed by atoms with E-state index in [0.717, 1.165) is 12.5 Å². The maximum atomic E-state index is 11.2. The molecule has 3 heteroatoms. The molecule has 3 aliphatic rings. The Bertz CT molecular complexity index is 324. The summed E-state index contributed by atoms with van der Waals surface area (Å²) in [6.45, 7) is 2.54. The second-order valence-corrected chi connectivity index (χ2v) is 5.33. The molecule has 0 aromatic carbocycles. The molecular weight excluding hydrogens is 200 g/mol. The predicted octanol–water partition coefficient (Wildman–Crippen LogP) is 1.45. The van der Waals surface area contributed by atoms with Crippen molar-refractivity contribution in [3.8, 4) is 0 Å². The molecule has 2 fully saturated rings. The summed E-state index contributed by atoms with van der Waals surface area (Å²) in [5, 5.41) is 3.57. The van der Waals surface area contributed by atoms with E-state index >= 15 is 0 Å². The first-order valence-electron chi connectivity index (χ1n) is 6.55. The second kappa shape index (κ2) is 4.21. The van der Waals surface area contributed by atoms with Gasteiger partial charge in [-0.2, -0.15) is 0 Å². The van der Waals surface area contributed by atoms with Gasteiger partial charge in [-0.1, -0.05) is 0 Å². The summed E-state index contributed by atoms with van der Waals surface area (Å²) >= 11 is 0. The zero-order valence-electron chi connectivity index (χ0n) is 9.74. The van der Waals surface area contributed by atoms with E-state index in [9.17, 15) is 4.79 Å². The molecule has 0 spiro atoms. The highest BCUT2D eigenvalue weighted by Gasteiger charge is 2.32. The molecule has 2 atom stereocenters. The highest BCUT2D eigenvalue weighted by molar-refractivity contribution is 5.92. The average Bonchev–Trinajstić information content (AvgIpc) is 2.87. The first-order valence-corrected chi connectivity index (χ1v) is 6.55. The van der Waals surface area contributed by atoms with Crippen molar-refractivity contribution in [1.82, 2.24) is 10.2 Å². The number of carbonyl (C=O) groups excluding carboxylic acids is 1. The summed E-state index contributed by atoms with van der Waals surface area (Å²) < 4.78 is 0. The van der Waals surface area contributed by atoms with Gasteiger partial charge in [0, 0.05) is 36.8 Å². The van der Waals surface area contributed by atoms with Gasteiger partial charge in [-0.25, -0.2) is 0 Å². The second-order valence-electron chi connectivity index (χ2n) is 5.33. The molecule has 0 bridgehead atoms. The summed E-state index contributed by atoms with van der Waals surface area (Å²) in [5.41, 5.74) is 1.18. The zero-order valence-corrected chi connectivity index (χ0v) is 9.74. The number of hydrogen-bond acceptors (Lipinski definition) is 3. The van der Waals surface area contributed by atoms with Gasteiger partial charge in [-0.3, -0.25) is 4.79 Å². The van der Waals surface area contributed by atoms with Crippen LogP contribution < -0.4 is 5.32 Å². The molecule has 0 aromatic rings. The summed E-state index contributed by atoms with van der Waals surface area (Å²) in [4.78, 5) is 13.8. The quantitative estimate of drug-likeness (QED) is 0.764. The van der Waals surface area contributed by atoms with Crippen molar-refractivity contribution in [2.75, 3.05) is 13.1 Å². The first-order chi connectivity index (χ1) is 7.81. The van der Waals surface area contributed by atoms with Crippen molar-refractivity contribution in [3.05, 3.63) is 11.8 Å². The van der Waals surface area contributed by atoms with Gasteiger partial charge in [0.25, 0.3) is 0 Å². The molecule has 0 amide bonds. The number of nitrogens with zero attached hydrogens (tertiary/aromatic N) is 1. The lowest BCUT2D eigenvalue weighted by molar-refractivity contribution is -0.114. The van der Waals surface area contributed by atoms with Crippen molar-refractivity contribution >= 4 is 5.78 Å². The molecule has 3 nitrogen and oxygen atoms in total. The van der Waals surface area contributed by atoms with E-state index in [4.69, 9.17) is 0 Å². The fourth-order valence-electron chi connectivity index (χ4n) is 3.33. The third-order valence-electron chi connectivity index (χ3n) is 4.19. The van der Waals surface area contributed by atoms with E-state index in [1.54, 1.807) is 6.08 Å². The molecule has 16 heavy (non-hydrogen) atoms. The summed E-state index contributed by atoms with van der Waals surface area (Å²) in [6.07, 6.45) is 8.71. The normalized spacial score (nSPS) is 35.0. The van der Waals surface area contributed by atoms with Crippen LogP contribution >= 0.6 is 0 Å². The number of hydrogen-bond donors (Lipinski definition) is 1. The van der Waals surface area contributed by atoms with Gasteiger partial charge in [-0.15, -0.1) is 0 Å². The molecule has 0 aromatic heterocycles. The first kappa shape index (κ1) is 10.3. The maximum absolute atomic E-state index is 11.2. The van der Waals surface area contributed by atoms with Gasteiger partial charge in [0.15, 0.2) is 5.78 Å². The number of fused-ring (bicyclic) bond motifs is 1. The van der Waals surface area contributed by atoms with Crippen molar-refractivity contribution in [3.63, 3.8) is 0 Å². The van der Waals surface area contributed by atoms with Crippen LogP contribution in [0.25, 0.3) is 0 Å². The van der Waals surface area contributed by atoms with Crippen molar-refractivity contribution in [2.24, 2.45) is 0 Å². The monoisotopic (exact) mass is 220 g/mol. The van der Waals surface area contributed by atoms with Crippen molar-refractivity contribution < 1.29 is 4.79 Å². The lowest BCUT2D eigenvalue weighted by atomic mass is 9.97. The molecular formula is C13H20N2O. The van der Waals surface area contributed by atoms with Gasteiger partial charge in [0.05, 0.1) is 0 Å². The van der Waals surface area contributed by atoms with Crippen LogP contribution in [-0.4, -0.2) is 35.9 Å². The summed E-state index contributed by atoms with van der Waals surface area (Å²) in [5.74, 6) is 0.292. The molecule has 2 unspecified atom stereocenters. The Kier molecular flexibility index (Phi) is 2.72. The van der Waals surface area contributed by atoms with E-state index in [0.29, 0.717) is 18.2 Å². The number of nitrogens with one attached hydrogen (secondary N) is 1. The average molecular weight is 220 g/mol. The predicted molar refractivity (Wildman–Crippen MR) is 63.1 cm³/mol. The third-order valence-corrected chi connectivity index (χ3v) is 4.19. The van der Waals surface area contributed by atoms with E-state index in [2.05, 4.69) is 10.2 Å². The Morgan fingerprint density at radius 3 is 3.00 bits per heavy atom. The fraction of sp³-hybridized carbons (Fsp3) is 0.769. The Labute approximate surface area is 96.9 Å². The SMILES string of the molecule is O=C1C=C(NC2CCN3CCCC3C2)CC1. The number of allylic oxidation sites excluding steroid dienone is 2. The van der Waals surface area contributed by atoms with Crippen LogP contribution in [-0.2, 0) is 4.79 Å². The molecule has 1 aliphatic carbocycles. The van der Waals surface area contributed by atoms with Gasteiger partial charge < -0.3 is 10.2 Å². The molecule has 0 saturated carbocycles. The number of ketones is 1. The third kappa shape index (κ3) is 2.01. The van der Waals surface area contributed by atoms with Crippen LogP contribution in [0.3, 0.4) is 0 Å². The van der Waals surface area contributed by atoms with E-state index in [1.165, 1.54) is 44.5 Å². The molecule has 88 valence electrons. The fourth-order valence-corrected chi connectivity index (χ4v) is 3.33. The van der Waals surface area contributed by atoms with Crippen LogP contribution in [0.4, 0.5) is 0 Å². The Morgan fingerprint density at radius 2 is 2.19 bits per heavy atom. The van der Waals surface area contributed by atoms with Crippen molar-refractivity contribution in [1.29, 1.82) is 0 Å². The van der Waals surface area contributed by atoms with Crippen LogP contribution in [0.15, 0.2) is 11.8 Å². The number of carbonyl (C=O) groups is 1. The van der Waals surface area contributed by atoms with Gasteiger partial charge in [0.1, 0.15) is 0 Å². The maximum Gasteiger partial charge on any atom is 0.157 e. The molecule has 2 aliphatic heterocycles. The molecule has 0 radical (unpaired) electrons. The smallest absolute Gasteiger partial charge is 0.157 e. The highest BCUT2D eigenvalue weighted by Crippen LogP contribution is 2.27.